The molecule has 5 nitrogen and oxygen atoms in total. The van der Waals surface area contributed by atoms with Gasteiger partial charge >= 0.3 is 6.03 Å². The van der Waals surface area contributed by atoms with Gasteiger partial charge in [-0.05, 0) is 53.0 Å². The third-order valence-corrected chi connectivity index (χ3v) is 5.24. The molecular weight excluding hydrogens is 326 g/mol. The molecule has 1 aromatic rings. The Morgan fingerprint density at radius 1 is 1.12 bits per heavy atom. The Bertz CT molecular complexity index is 613. The van der Waals surface area contributed by atoms with Crippen LogP contribution in [-0.4, -0.2) is 47.2 Å². The van der Waals surface area contributed by atoms with Gasteiger partial charge in [-0.1, -0.05) is 30.3 Å². The third kappa shape index (κ3) is 4.77. The number of urea groups is 1. The van der Waals surface area contributed by atoms with E-state index in [4.69, 9.17) is 4.74 Å². The Labute approximate surface area is 157 Å². The number of carbonyl (C=O) groups is 1. The van der Waals surface area contributed by atoms with E-state index in [0.29, 0.717) is 13.1 Å². The Kier molecular flexibility index (Phi) is 5.31. The number of nitrogens with one attached hydrogen (secondary N) is 2. The Hall–Kier alpha value is -1.59. The summed E-state index contributed by atoms with van der Waals surface area (Å²) in [7, 11) is 0. The van der Waals surface area contributed by atoms with Gasteiger partial charge in [-0.2, -0.15) is 0 Å². The number of hydrogen-bond donors (Lipinski definition) is 2. The van der Waals surface area contributed by atoms with E-state index in [1.54, 1.807) is 0 Å². The summed E-state index contributed by atoms with van der Waals surface area (Å²) in [6, 6.07) is 10.4. The van der Waals surface area contributed by atoms with Gasteiger partial charge in [-0.15, -0.1) is 0 Å². The van der Waals surface area contributed by atoms with Crippen molar-refractivity contribution in [2.45, 2.75) is 76.8 Å². The van der Waals surface area contributed by atoms with Crippen molar-refractivity contribution in [2.75, 3.05) is 13.1 Å². The number of nitrogens with zero attached hydrogens (tertiary/aromatic N) is 1. The average molecular weight is 360 g/mol. The van der Waals surface area contributed by atoms with E-state index >= 15 is 0 Å². The van der Waals surface area contributed by atoms with Crippen LogP contribution in [-0.2, 0) is 4.74 Å². The smallest absolute Gasteiger partial charge is 0.317 e. The largest absolute Gasteiger partial charge is 0.367 e. The quantitative estimate of drug-likeness (QED) is 0.850. The molecule has 3 rings (SSSR count). The number of amides is 2. The zero-order valence-electron chi connectivity index (χ0n) is 16.7. The maximum absolute atomic E-state index is 12.9. The van der Waals surface area contributed by atoms with Crippen LogP contribution in [0.4, 0.5) is 4.79 Å². The first-order chi connectivity index (χ1) is 12.1. The molecule has 0 radical (unpaired) electrons. The van der Waals surface area contributed by atoms with E-state index in [9.17, 15) is 4.79 Å². The van der Waals surface area contributed by atoms with E-state index in [1.165, 1.54) is 0 Å². The first-order valence-electron chi connectivity index (χ1n) is 9.69. The van der Waals surface area contributed by atoms with E-state index < -0.39 is 0 Å². The Morgan fingerprint density at radius 2 is 1.73 bits per heavy atom. The lowest BCUT2D eigenvalue weighted by atomic mass is 9.79. The summed E-state index contributed by atoms with van der Waals surface area (Å²) in [5.41, 5.74) is 1.16. The molecule has 0 aliphatic carbocycles. The molecule has 0 bridgehead atoms. The maximum Gasteiger partial charge on any atom is 0.317 e. The fraction of sp³-hybridized carbons (Fsp3) is 0.667. The van der Waals surface area contributed by atoms with Gasteiger partial charge < -0.3 is 20.3 Å². The summed E-state index contributed by atoms with van der Waals surface area (Å²) in [6.45, 7) is 12.1. The number of carbonyl (C=O) groups excluding carboxylic acids is 1. The van der Waals surface area contributed by atoms with Crippen LogP contribution in [0.25, 0.3) is 0 Å². The minimum atomic E-state index is -0.0633. The standard InChI is InChI=1S/C21H33N3O2/c1-15-13-24(14-18(26-15)16-9-7-6-8-10-16)19(25)22-17-11-20(2,3)23-21(4,5)12-17/h6-10,15,17-18,23H,11-14H2,1-5H3,(H,22,25). The molecule has 2 fully saturated rings. The first kappa shape index (κ1) is 19.2. The summed E-state index contributed by atoms with van der Waals surface area (Å²) in [5.74, 6) is 0. The monoisotopic (exact) mass is 359 g/mol. The number of hydrogen-bond acceptors (Lipinski definition) is 3. The molecule has 144 valence electrons. The zero-order chi connectivity index (χ0) is 18.9. The molecule has 2 heterocycles. The van der Waals surface area contributed by atoms with Gasteiger partial charge in [0.2, 0.25) is 0 Å². The molecule has 2 aliphatic rings. The SMILES string of the molecule is CC1CN(C(=O)NC2CC(C)(C)NC(C)(C)C2)CC(c2ccccc2)O1. The highest BCUT2D eigenvalue weighted by molar-refractivity contribution is 5.74. The van der Waals surface area contributed by atoms with Crippen LogP contribution < -0.4 is 10.6 Å². The van der Waals surface area contributed by atoms with Crippen LogP contribution in [0.5, 0.6) is 0 Å². The van der Waals surface area contributed by atoms with Gasteiger partial charge in [0, 0.05) is 23.7 Å². The highest BCUT2D eigenvalue weighted by Crippen LogP contribution is 2.29. The number of benzene rings is 1. The van der Waals surface area contributed by atoms with Gasteiger partial charge in [0.15, 0.2) is 0 Å². The van der Waals surface area contributed by atoms with Crippen molar-refractivity contribution in [3.8, 4) is 0 Å². The summed E-state index contributed by atoms with van der Waals surface area (Å²) in [5, 5.41) is 6.95. The van der Waals surface area contributed by atoms with Crippen molar-refractivity contribution < 1.29 is 9.53 Å². The van der Waals surface area contributed by atoms with Crippen LogP contribution in [0.1, 0.15) is 59.1 Å². The van der Waals surface area contributed by atoms with Crippen LogP contribution in [0.15, 0.2) is 30.3 Å². The van der Waals surface area contributed by atoms with Crippen molar-refractivity contribution in [3.63, 3.8) is 0 Å². The second kappa shape index (κ2) is 7.20. The van der Waals surface area contributed by atoms with Crippen LogP contribution in [0.3, 0.4) is 0 Å². The molecule has 2 aliphatic heterocycles. The van der Waals surface area contributed by atoms with Gasteiger partial charge in [-0.3, -0.25) is 0 Å². The van der Waals surface area contributed by atoms with Crippen molar-refractivity contribution in [1.82, 2.24) is 15.5 Å². The molecule has 0 spiro atoms. The Balaban J connectivity index is 1.65. The minimum absolute atomic E-state index is 0.0184. The molecule has 2 amide bonds. The molecule has 5 heteroatoms. The molecule has 2 atom stereocenters. The van der Waals surface area contributed by atoms with Gasteiger partial charge in [0.25, 0.3) is 0 Å². The lowest BCUT2D eigenvalue weighted by Gasteiger charge is -2.47. The molecule has 0 aromatic heterocycles. The molecule has 0 saturated carbocycles. The van der Waals surface area contributed by atoms with Gasteiger partial charge in [0.1, 0.15) is 6.10 Å². The number of ether oxygens (including phenoxy) is 1. The molecule has 2 saturated heterocycles. The molecule has 1 aromatic carbocycles. The van der Waals surface area contributed by atoms with Crippen molar-refractivity contribution in [2.24, 2.45) is 0 Å². The van der Waals surface area contributed by atoms with Gasteiger partial charge in [-0.25, -0.2) is 4.79 Å². The van der Waals surface area contributed by atoms with E-state index in [0.717, 1.165) is 18.4 Å². The van der Waals surface area contributed by atoms with Crippen LogP contribution in [0, 0.1) is 0 Å². The van der Waals surface area contributed by atoms with E-state index in [1.807, 2.05) is 30.0 Å². The summed E-state index contributed by atoms with van der Waals surface area (Å²) in [6.07, 6.45) is 1.83. The van der Waals surface area contributed by atoms with E-state index in [-0.39, 0.29) is 35.4 Å². The second-order valence-electron chi connectivity index (χ2n) is 9.20. The summed E-state index contributed by atoms with van der Waals surface area (Å²) in [4.78, 5) is 14.9. The fourth-order valence-electron chi connectivity index (χ4n) is 4.66. The normalized spacial score (nSPS) is 28.6. The maximum atomic E-state index is 12.9. The van der Waals surface area contributed by atoms with Crippen molar-refractivity contribution in [3.05, 3.63) is 35.9 Å². The first-order valence-corrected chi connectivity index (χ1v) is 9.69. The lowest BCUT2D eigenvalue weighted by molar-refractivity contribution is -0.0661. The van der Waals surface area contributed by atoms with E-state index in [2.05, 4.69) is 50.5 Å². The van der Waals surface area contributed by atoms with Crippen LogP contribution in [0.2, 0.25) is 0 Å². The predicted octanol–water partition coefficient (Wildman–Crippen LogP) is 3.47. The average Bonchev–Trinajstić information content (AvgIpc) is 2.52. The molecular formula is C21H33N3O2. The number of morpholine rings is 1. The molecule has 2 N–H and O–H groups in total. The number of piperidine rings is 1. The highest BCUT2D eigenvalue weighted by Gasteiger charge is 2.39. The van der Waals surface area contributed by atoms with Crippen molar-refractivity contribution >= 4 is 6.03 Å². The van der Waals surface area contributed by atoms with Gasteiger partial charge in [0.05, 0.1) is 12.6 Å². The fourth-order valence-corrected chi connectivity index (χ4v) is 4.66. The third-order valence-electron chi connectivity index (χ3n) is 5.24. The number of rotatable bonds is 2. The van der Waals surface area contributed by atoms with Crippen LogP contribution >= 0.6 is 0 Å². The molecule has 2 unspecified atom stereocenters. The molecule has 26 heavy (non-hydrogen) atoms. The minimum Gasteiger partial charge on any atom is -0.367 e. The highest BCUT2D eigenvalue weighted by atomic mass is 16.5. The summed E-state index contributed by atoms with van der Waals surface area (Å²) < 4.78 is 6.08. The Morgan fingerprint density at radius 3 is 2.35 bits per heavy atom. The predicted molar refractivity (Wildman–Crippen MR) is 104 cm³/mol. The van der Waals surface area contributed by atoms with Crippen molar-refractivity contribution in [1.29, 1.82) is 0 Å². The zero-order valence-corrected chi connectivity index (χ0v) is 16.7. The lowest BCUT2D eigenvalue weighted by Crippen LogP contribution is -2.63. The summed E-state index contributed by atoms with van der Waals surface area (Å²) >= 11 is 0. The topological polar surface area (TPSA) is 53.6 Å². The second-order valence-corrected chi connectivity index (χ2v) is 9.20.